The van der Waals surface area contributed by atoms with E-state index in [4.69, 9.17) is 26.1 Å². The van der Waals surface area contributed by atoms with Crippen molar-refractivity contribution in [2.75, 3.05) is 21.3 Å². The van der Waals surface area contributed by atoms with Gasteiger partial charge in [-0.2, -0.15) is 4.68 Å². The van der Waals surface area contributed by atoms with Crippen molar-refractivity contribution in [2.45, 2.75) is 27.1 Å². The quantitative estimate of drug-likeness (QED) is 0.618. The van der Waals surface area contributed by atoms with Gasteiger partial charge < -0.3 is 18.8 Å². The molecule has 1 atom stereocenters. The maximum Gasteiger partial charge on any atom is 0.292 e. The molecule has 2 aromatic carbocycles. The van der Waals surface area contributed by atoms with Gasteiger partial charge in [0.25, 0.3) is 10.7 Å². The molecule has 3 aromatic rings. The lowest BCUT2D eigenvalue weighted by Gasteiger charge is -2.15. The monoisotopic (exact) mass is 400 g/mol. The number of aromatic nitrogens is 2. The van der Waals surface area contributed by atoms with Gasteiger partial charge in [-0.3, -0.25) is 0 Å². The molecule has 3 rings (SSSR count). The molecule has 0 bridgehead atoms. The third kappa shape index (κ3) is 4.43. The van der Waals surface area contributed by atoms with Crippen LogP contribution in [0.2, 0.25) is 0 Å². The van der Waals surface area contributed by atoms with Gasteiger partial charge in [-0.25, -0.2) is 0 Å². The van der Waals surface area contributed by atoms with Crippen molar-refractivity contribution in [2.24, 2.45) is 0 Å². The molecule has 0 fully saturated rings. The van der Waals surface area contributed by atoms with Gasteiger partial charge in [-0.1, -0.05) is 23.8 Å². The van der Waals surface area contributed by atoms with Gasteiger partial charge in [-0.05, 0) is 43.8 Å². The number of ether oxygens (including phenoxy) is 2. The zero-order valence-corrected chi connectivity index (χ0v) is 17.7. The molecule has 0 aliphatic carbocycles. The summed E-state index contributed by atoms with van der Waals surface area (Å²) in [5.74, 6) is 1.76. The number of hydrogen-bond donors (Lipinski definition) is 1. The van der Waals surface area contributed by atoms with Crippen LogP contribution in [0.4, 0.5) is 0 Å². The topological polar surface area (TPSA) is 53.9 Å². The van der Waals surface area contributed by atoms with E-state index in [1.807, 2.05) is 12.1 Å². The molecule has 0 radical (unpaired) electrons. The number of aryl methyl sites for hydroxylation is 2. The normalized spacial score (nSPS) is 12.0. The van der Waals surface area contributed by atoms with Crippen LogP contribution in [0.5, 0.6) is 11.5 Å². The number of quaternary nitrogens is 1. The molecule has 0 spiro atoms. The van der Waals surface area contributed by atoms with E-state index in [-0.39, 0.29) is 0 Å². The van der Waals surface area contributed by atoms with E-state index in [2.05, 4.69) is 44.2 Å². The summed E-state index contributed by atoms with van der Waals surface area (Å²) >= 11 is 5.38. The average Bonchev–Trinajstić information content (AvgIpc) is 3.03. The van der Waals surface area contributed by atoms with Gasteiger partial charge in [0.05, 0.1) is 26.8 Å². The van der Waals surface area contributed by atoms with E-state index in [1.165, 1.54) is 21.6 Å². The Labute approximate surface area is 170 Å². The van der Waals surface area contributed by atoms with E-state index in [0.717, 1.165) is 12.1 Å². The van der Waals surface area contributed by atoms with Crippen LogP contribution in [-0.2, 0) is 13.2 Å². The molecule has 1 heterocycles. The van der Waals surface area contributed by atoms with E-state index in [1.54, 1.807) is 25.0 Å². The van der Waals surface area contributed by atoms with Gasteiger partial charge in [0, 0.05) is 11.6 Å². The van der Waals surface area contributed by atoms with Crippen molar-refractivity contribution in [1.82, 2.24) is 9.78 Å². The first-order valence-electron chi connectivity index (χ1n) is 9.09. The van der Waals surface area contributed by atoms with Crippen LogP contribution in [-0.4, -0.2) is 31.0 Å². The lowest BCUT2D eigenvalue weighted by Crippen LogP contribution is -3.07. The first-order chi connectivity index (χ1) is 13.4. The largest absolute Gasteiger partial charge is 0.497 e. The number of nitrogens with one attached hydrogen (secondary N) is 1. The van der Waals surface area contributed by atoms with E-state index in [0.29, 0.717) is 28.9 Å². The first kappa shape index (κ1) is 20.1. The molecular weight excluding hydrogens is 374 g/mol. The van der Waals surface area contributed by atoms with Crippen molar-refractivity contribution >= 4 is 12.2 Å². The minimum absolute atomic E-state index is 0.341. The molecule has 0 saturated heterocycles. The van der Waals surface area contributed by atoms with E-state index in [9.17, 15) is 0 Å². The SMILES string of the molecule is COc1ccc(-c2nn(C[NH+](C)Cc3ccc(C)cc3C)c(=S)o2)c(OC)c1. The van der Waals surface area contributed by atoms with Crippen molar-refractivity contribution in [1.29, 1.82) is 0 Å². The molecule has 6 nitrogen and oxygen atoms in total. The Bertz CT molecular complexity index is 1030. The molecule has 0 aliphatic heterocycles. The second-order valence-corrected chi connectivity index (χ2v) is 7.31. The van der Waals surface area contributed by atoms with Gasteiger partial charge in [-0.15, -0.1) is 5.10 Å². The highest BCUT2D eigenvalue weighted by Crippen LogP contribution is 2.32. The van der Waals surface area contributed by atoms with Crippen LogP contribution < -0.4 is 14.4 Å². The molecule has 1 N–H and O–H groups in total. The Balaban J connectivity index is 1.80. The Morgan fingerprint density at radius 2 is 1.89 bits per heavy atom. The van der Waals surface area contributed by atoms with Crippen LogP contribution in [0.25, 0.3) is 11.5 Å². The summed E-state index contributed by atoms with van der Waals surface area (Å²) in [5, 5.41) is 4.57. The number of nitrogens with zero attached hydrogens (tertiary/aromatic N) is 2. The lowest BCUT2D eigenvalue weighted by atomic mass is 10.1. The Hall–Kier alpha value is -2.64. The fourth-order valence-corrected chi connectivity index (χ4v) is 3.36. The zero-order chi connectivity index (χ0) is 20.3. The summed E-state index contributed by atoms with van der Waals surface area (Å²) in [7, 11) is 5.33. The number of methoxy groups -OCH3 is 2. The van der Waals surface area contributed by atoms with Gasteiger partial charge >= 0.3 is 0 Å². The van der Waals surface area contributed by atoms with Gasteiger partial charge in [0.2, 0.25) is 0 Å². The second kappa shape index (κ2) is 8.58. The van der Waals surface area contributed by atoms with Crippen LogP contribution >= 0.6 is 12.2 Å². The number of rotatable bonds is 7. The summed E-state index contributed by atoms with van der Waals surface area (Å²) in [5.41, 5.74) is 4.62. The maximum atomic E-state index is 5.74. The standard InChI is InChI=1S/C21H25N3O3S/c1-14-6-7-16(15(2)10-14)12-23(3)13-24-21(28)27-20(22-24)18-9-8-17(25-4)11-19(18)26-5/h6-11H,12-13H2,1-5H3/p+1. The number of benzene rings is 2. The third-order valence-corrected chi connectivity index (χ3v) is 4.95. The summed E-state index contributed by atoms with van der Waals surface area (Å²) < 4.78 is 18.1. The molecule has 0 amide bonds. The molecule has 7 heteroatoms. The molecular formula is C21H26N3O3S+. The molecule has 28 heavy (non-hydrogen) atoms. The van der Waals surface area contributed by atoms with Gasteiger partial charge in [0.15, 0.2) is 6.67 Å². The second-order valence-electron chi connectivity index (χ2n) is 6.96. The Kier molecular flexibility index (Phi) is 6.16. The summed E-state index contributed by atoms with van der Waals surface area (Å²) in [6, 6.07) is 12.0. The minimum atomic E-state index is 0.341. The fraction of sp³-hybridized carbons (Fsp3) is 0.333. The molecule has 0 aliphatic rings. The van der Waals surface area contributed by atoms with Crippen molar-refractivity contribution in [3.05, 3.63) is 57.9 Å². The molecule has 1 unspecified atom stereocenters. The van der Waals surface area contributed by atoms with Crippen LogP contribution in [0.1, 0.15) is 16.7 Å². The lowest BCUT2D eigenvalue weighted by molar-refractivity contribution is -0.917. The van der Waals surface area contributed by atoms with Crippen LogP contribution in [0, 0.1) is 18.7 Å². The van der Waals surface area contributed by atoms with Crippen LogP contribution in [0.15, 0.2) is 40.8 Å². The highest BCUT2D eigenvalue weighted by atomic mass is 32.1. The fourth-order valence-electron chi connectivity index (χ4n) is 3.17. The summed E-state index contributed by atoms with van der Waals surface area (Å²) in [4.78, 5) is 1.59. The molecule has 148 valence electrons. The minimum Gasteiger partial charge on any atom is -0.497 e. The Morgan fingerprint density at radius 1 is 1.11 bits per heavy atom. The zero-order valence-electron chi connectivity index (χ0n) is 16.9. The predicted octanol–water partition coefficient (Wildman–Crippen LogP) is 3.18. The number of hydrogen-bond acceptors (Lipinski definition) is 5. The maximum absolute atomic E-state index is 5.74. The third-order valence-electron chi connectivity index (χ3n) is 4.66. The highest BCUT2D eigenvalue weighted by Gasteiger charge is 2.16. The van der Waals surface area contributed by atoms with Crippen molar-refractivity contribution in [3.8, 4) is 23.0 Å². The van der Waals surface area contributed by atoms with Gasteiger partial charge in [0.1, 0.15) is 18.0 Å². The first-order valence-corrected chi connectivity index (χ1v) is 9.50. The van der Waals surface area contributed by atoms with Crippen molar-refractivity contribution < 1.29 is 18.8 Å². The molecule has 1 aromatic heterocycles. The van der Waals surface area contributed by atoms with Crippen molar-refractivity contribution in [3.63, 3.8) is 0 Å². The highest BCUT2D eigenvalue weighted by molar-refractivity contribution is 7.71. The van der Waals surface area contributed by atoms with E-state index < -0.39 is 0 Å². The predicted molar refractivity (Wildman–Crippen MR) is 110 cm³/mol. The summed E-state index contributed by atoms with van der Waals surface area (Å²) in [6.45, 7) is 5.73. The molecule has 0 saturated carbocycles. The van der Waals surface area contributed by atoms with E-state index >= 15 is 0 Å². The van der Waals surface area contributed by atoms with Crippen LogP contribution in [0.3, 0.4) is 0 Å². The summed E-state index contributed by atoms with van der Waals surface area (Å²) in [6.07, 6.45) is 0. The smallest absolute Gasteiger partial charge is 0.292 e. The Morgan fingerprint density at radius 3 is 2.57 bits per heavy atom. The average molecular weight is 401 g/mol.